The van der Waals surface area contributed by atoms with Crippen LogP contribution in [0.1, 0.15) is 31.0 Å². The molecule has 0 bridgehead atoms. The van der Waals surface area contributed by atoms with E-state index < -0.39 is 0 Å². The predicted octanol–water partition coefficient (Wildman–Crippen LogP) is 1.80. The summed E-state index contributed by atoms with van der Waals surface area (Å²) in [7, 11) is 0. The van der Waals surface area contributed by atoms with Crippen LogP contribution in [0.25, 0.3) is 0 Å². The Bertz CT molecular complexity index is 408. The number of ether oxygens (including phenoxy) is 1. The Kier molecular flexibility index (Phi) is 2.97. The maximum atomic E-state index is 5.57. The van der Waals surface area contributed by atoms with Crippen LogP contribution < -0.4 is 5.32 Å². The number of fused-ring (bicyclic) bond motifs is 1. The Labute approximate surface area is 102 Å². The van der Waals surface area contributed by atoms with E-state index in [1.54, 1.807) is 6.33 Å². The maximum Gasteiger partial charge on any atom is 0.132 e. The van der Waals surface area contributed by atoms with Gasteiger partial charge in [0.2, 0.25) is 0 Å². The van der Waals surface area contributed by atoms with E-state index in [1.165, 1.54) is 17.7 Å². The van der Waals surface area contributed by atoms with Crippen molar-refractivity contribution in [2.75, 3.05) is 18.5 Å². The monoisotopic (exact) mass is 233 g/mol. The zero-order chi connectivity index (χ0) is 11.7. The Morgan fingerprint density at radius 2 is 2.35 bits per heavy atom. The average Bonchev–Trinajstić information content (AvgIpc) is 2.95. The zero-order valence-electron chi connectivity index (χ0n) is 10.3. The lowest BCUT2D eigenvalue weighted by Crippen LogP contribution is -2.21. The number of rotatable bonds is 3. The zero-order valence-corrected chi connectivity index (χ0v) is 10.3. The van der Waals surface area contributed by atoms with E-state index in [2.05, 4.69) is 22.2 Å². The Morgan fingerprint density at radius 1 is 1.41 bits per heavy atom. The average molecular weight is 233 g/mol. The fourth-order valence-electron chi connectivity index (χ4n) is 2.78. The molecule has 1 aromatic heterocycles. The van der Waals surface area contributed by atoms with Crippen molar-refractivity contribution in [1.82, 2.24) is 9.97 Å². The predicted molar refractivity (Wildman–Crippen MR) is 66.1 cm³/mol. The first kappa shape index (κ1) is 11.0. The first-order valence-electron chi connectivity index (χ1n) is 6.53. The van der Waals surface area contributed by atoms with Gasteiger partial charge in [-0.3, -0.25) is 0 Å². The fourth-order valence-corrected chi connectivity index (χ4v) is 2.78. The minimum Gasteiger partial charge on any atom is -0.378 e. The number of hydrogen-bond acceptors (Lipinski definition) is 4. The molecule has 17 heavy (non-hydrogen) atoms. The van der Waals surface area contributed by atoms with E-state index in [-0.39, 0.29) is 0 Å². The SMILES string of the molecule is CC1OCCC1CNc1ncnc2c1CCC2. The molecule has 2 unspecified atom stereocenters. The first-order chi connectivity index (χ1) is 8.34. The van der Waals surface area contributed by atoms with Crippen LogP contribution >= 0.6 is 0 Å². The minimum atomic E-state index is 0.373. The van der Waals surface area contributed by atoms with Crippen molar-refractivity contribution in [3.63, 3.8) is 0 Å². The molecule has 3 rings (SSSR count). The van der Waals surface area contributed by atoms with Gasteiger partial charge in [0.1, 0.15) is 12.1 Å². The number of nitrogens with zero attached hydrogens (tertiary/aromatic N) is 2. The Hall–Kier alpha value is -1.16. The van der Waals surface area contributed by atoms with E-state index >= 15 is 0 Å². The van der Waals surface area contributed by atoms with Crippen molar-refractivity contribution in [1.29, 1.82) is 0 Å². The highest BCUT2D eigenvalue weighted by molar-refractivity contribution is 5.47. The van der Waals surface area contributed by atoms with Gasteiger partial charge in [0, 0.05) is 30.3 Å². The van der Waals surface area contributed by atoms with Crippen LogP contribution in [-0.4, -0.2) is 29.2 Å². The highest BCUT2D eigenvalue weighted by Gasteiger charge is 2.24. The normalized spacial score (nSPS) is 27.1. The molecular formula is C13H19N3O. The quantitative estimate of drug-likeness (QED) is 0.864. The summed E-state index contributed by atoms with van der Waals surface area (Å²) in [6.07, 6.45) is 6.65. The molecule has 0 saturated carbocycles. The first-order valence-corrected chi connectivity index (χ1v) is 6.53. The van der Waals surface area contributed by atoms with Crippen LogP contribution in [0.3, 0.4) is 0 Å². The van der Waals surface area contributed by atoms with Gasteiger partial charge in [-0.15, -0.1) is 0 Å². The van der Waals surface area contributed by atoms with Gasteiger partial charge in [-0.2, -0.15) is 0 Å². The number of anilines is 1. The lowest BCUT2D eigenvalue weighted by atomic mass is 10.0. The molecular weight excluding hydrogens is 214 g/mol. The van der Waals surface area contributed by atoms with Crippen LogP contribution in [0, 0.1) is 5.92 Å². The van der Waals surface area contributed by atoms with Gasteiger partial charge in [0.15, 0.2) is 0 Å². The number of aryl methyl sites for hydroxylation is 1. The third-order valence-electron chi connectivity index (χ3n) is 3.94. The van der Waals surface area contributed by atoms with Gasteiger partial charge in [0.05, 0.1) is 6.10 Å². The number of aromatic nitrogens is 2. The second-order valence-corrected chi connectivity index (χ2v) is 5.01. The summed E-state index contributed by atoms with van der Waals surface area (Å²) in [5.41, 5.74) is 2.57. The van der Waals surface area contributed by atoms with E-state index in [4.69, 9.17) is 4.74 Å². The molecule has 1 fully saturated rings. The smallest absolute Gasteiger partial charge is 0.132 e. The largest absolute Gasteiger partial charge is 0.378 e. The van der Waals surface area contributed by atoms with Gasteiger partial charge in [-0.25, -0.2) is 9.97 Å². The van der Waals surface area contributed by atoms with Gasteiger partial charge < -0.3 is 10.1 Å². The molecule has 92 valence electrons. The van der Waals surface area contributed by atoms with Crippen molar-refractivity contribution in [3.05, 3.63) is 17.6 Å². The fraction of sp³-hybridized carbons (Fsp3) is 0.692. The third-order valence-corrected chi connectivity index (χ3v) is 3.94. The van der Waals surface area contributed by atoms with E-state index in [1.807, 2.05) is 0 Å². The van der Waals surface area contributed by atoms with Gasteiger partial charge in [-0.1, -0.05) is 0 Å². The molecule has 0 spiro atoms. The number of nitrogens with one attached hydrogen (secondary N) is 1. The molecule has 4 nitrogen and oxygen atoms in total. The van der Waals surface area contributed by atoms with Crippen molar-refractivity contribution in [2.24, 2.45) is 5.92 Å². The van der Waals surface area contributed by atoms with Crippen molar-refractivity contribution >= 4 is 5.82 Å². The van der Waals surface area contributed by atoms with E-state index in [0.29, 0.717) is 12.0 Å². The minimum absolute atomic E-state index is 0.373. The van der Waals surface area contributed by atoms with Crippen LogP contribution in [-0.2, 0) is 17.6 Å². The summed E-state index contributed by atoms with van der Waals surface area (Å²) in [4.78, 5) is 8.71. The highest BCUT2D eigenvalue weighted by atomic mass is 16.5. The molecule has 2 aliphatic rings. The van der Waals surface area contributed by atoms with Crippen LogP contribution in [0.2, 0.25) is 0 Å². The van der Waals surface area contributed by atoms with E-state index in [0.717, 1.165) is 38.2 Å². The molecule has 1 aliphatic heterocycles. The van der Waals surface area contributed by atoms with Crippen LogP contribution in [0.5, 0.6) is 0 Å². The Morgan fingerprint density at radius 3 is 3.18 bits per heavy atom. The molecule has 1 saturated heterocycles. The van der Waals surface area contributed by atoms with Crippen molar-refractivity contribution in [2.45, 2.75) is 38.7 Å². The Balaban J connectivity index is 1.67. The lowest BCUT2D eigenvalue weighted by molar-refractivity contribution is 0.108. The molecule has 1 aliphatic carbocycles. The number of hydrogen-bond donors (Lipinski definition) is 1. The molecule has 2 atom stereocenters. The highest BCUT2D eigenvalue weighted by Crippen LogP contribution is 2.26. The maximum absolute atomic E-state index is 5.57. The summed E-state index contributed by atoms with van der Waals surface area (Å²) < 4.78 is 5.57. The summed E-state index contributed by atoms with van der Waals surface area (Å²) in [6, 6.07) is 0. The van der Waals surface area contributed by atoms with Crippen molar-refractivity contribution in [3.8, 4) is 0 Å². The molecule has 0 radical (unpaired) electrons. The van der Waals surface area contributed by atoms with E-state index in [9.17, 15) is 0 Å². The molecule has 1 N–H and O–H groups in total. The second kappa shape index (κ2) is 4.61. The van der Waals surface area contributed by atoms with Crippen molar-refractivity contribution < 1.29 is 4.74 Å². The molecule has 2 heterocycles. The van der Waals surface area contributed by atoms with Gasteiger partial charge >= 0.3 is 0 Å². The van der Waals surface area contributed by atoms with Gasteiger partial charge in [0.25, 0.3) is 0 Å². The standard InChI is InChI=1S/C13H19N3O/c1-9-10(5-6-17-9)7-14-13-11-3-2-4-12(11)15-8-16-13/h8-10H,2-7H2,1H3,(H,14,15,16). The molecule has 0 amide bonds. The lowest BCUT2D eigenvalue weighted by Gasteiger charge is -2.16. The van der Waals surface area contributed by atoms with Crippen LogP contribution in [0.15, 0.2) is 6.33 Å². The third kappa shape index (κ3) is 2.14. The second-order valence-electron chi connectivity index (χ2n) is 5.01. The summed E-state index contributed by atoms with van der Waals surface area (Å²) in [6.45, 7) is 4.02. The topological polar surface area (TPSA) is 47.0 Å². The molecule has 4 heteroatoms. The summed E-state index contributed by atoms with van der Waals surface area (Å²) in [5, 5.41) is 3.49. The van der Waals surface area contributed by atoms with Crippen LogP contribution in [0.4, 0.5) is 5.82 Å². The van der Waals surface area contributed by atoms with Gasteiger partial charge in [-0.05, 0) is 32.6 Å². The summed E-state index contributed by atoms with van der Waals surface area (Å²) >= 11 is 0. The summed E-state index contributed by atoms with van der Waals surface area (Å²) in [5.74, 6) is 1.66. The molecule has 0 aromatic carbocycles. The molecule has 1 aromatic rings.